The number of aromatic nitrogens is 3. The van der Waals surface area contributed by atoms with Crippen LogP contribution in [0.1, 0.15) is 50.9 Å². The first-order chi connectivity index (χ1) is 9.17. The molecule has 1 heterocycles. The summed E-state index contributed by atoms with van der Waals surface area (Å²) in [7, 11) is 1.96. The topological polar surface area (TPSA) is 62.1 Å². The van der Waals surface area contributed by atoms with Crippen LogP contribution >= 0.6 is 0 Å². The molecule has 1 fully saturated rings. The molecule has 0 amide bonds. The van der Waals surface area contributed by atoms with E-state index >= 15 is 0 Å². The van der Waals surface area contributed by atoms with Gasteiger partial charge in [0, 0.05) is 7.05 Å². The summed E-state index contributed by atoms with van der Waals surface area (Å²) in [6.45, 7) is 4.15. The number of likely N-dealkylation sites (N-methyl/N-ethyl adjacent to an activating group) is 1. The van der Waals surface area contributed by atoms with E-state index in [9.17, 15) is 5.11 Å². The molecule has 106 valence electrons. The fourth-order valence-corrected chi connectivity index (χ4v) is 2.77. The van der Waals surface area contributed by atoms with E-state index in [4.69, 9.17) is 0 Å². The van der Waals surface area contributed by atoms with Gasteiger partial charge in [-0.1, -0.05) is 26.7 Å². The lowest BCUT2D eigenvalue weighted by molar-refractivity contribution is 0.105. The maximum Gasteiger partial charge on any atom is 0.245 e. The van der Waals surface area contributed by atoms with Crippen molar-refractivity contribution in [2.45, 2.75) is 64.5 Å². The van der Waals surface area contributed by atoms with Crippen LogP contribution in [0.4, 0.5) is 5.95 Å². The van der Waals surface area contributed by atoms with Gasteiger partial charge in [-0.3, -0.25) is 0 Å². The van der Waals surface area contributed by atoms with Crippen LogP contribution in [0.15, 0.2) is 0 Å². The quantitative estimate of drug-likeness (QED) is 0.897. The van der Waals surface area contributed by atoms with Gasteiger partial charge in [0.1, 0.15) is 0 Å². The first-order valence-corrected chi connectivity index (χ1v) is 7.30. The van der Waals surface area contributed by atoms with Gasteiger partial charge in [-0.25, -0.2) is 4.98 Å². The molecule has 1 aromatic rings. The minimum atomic E-state index is -0.279. The van der Waals surface area contributed by atoms with Gasteiger partial charge in [-0.05, 0) is 25.7 Å². The minimum Gasteiger partial charge on any atom is -0.391 e. The highest BCUT2D eigenvalue weighted by atomic mass is 16.3. The Morgan fingerprint density at radius 2 is 1.79 bits per heavy atom. The molecule has 0 radical (unpaired) electrons. The summed E-state index contributed by atoms with van der Waals surface area (Å²) in [6.07, 6.45) is 5.59. The van der Waals surface area contributed by atoms with Crippen LogP contribution < -0.4 is 4.90 Å². The molecule has 1 aliphatic rings. The molecule has 1 aromatic heterocycles. The second kappa shape index (κ2) is 6.28. The smallest absolute Gasteiger partial charge is 0.245 e. The molecule has 2 atom stereocenters. The number of aliphatic hydroxyl groups is 1. The molecule has 0 saturated heterocycles. The van der Waals surface area contributed by atoms with Crippen molar-refractivity contribution in [2.75, 3.05) is 11.9 Å². The van der Waals surface area contributed by atoms with E-state index in [1.807, 2.05) is 11.9 Å². The second-order valence-electron chi connectivity index (χ2n) is 5.24. The normalized spacial score (nSPS) is 23.4. The maximum atomic E-state index is 10.1. The lowest BCUT2D eigenvalue weighted by Gasteiger charge is -2.35. The summed E-state index contributed by atoms with van der Waals surface area (Å²) in [4.78, 5) is 6.61. The van der Waals surface area contributed by atoms with Crippen LogP contribution in [-0.4, -0.2) is 39.5 Å². The molecule has 0 bridgehead atoms. The summed E-state index contributed by atoms with van der Waals surface area (Å²) in [5, 5.41) is 18.6. The highest BCUT2D eigenvalue weighted by Gasteiger charge is 2.28. The van der Waals surface area contributed by atoms with Crippen molar-refractivity contribution in [3.05, 3.63) is 11.4 Å². The molecule has 5 heteroatoms. The summed E-state index contributed by atoms with van der Waals surface area (Å²) < 4.78 is 0. The fourth-order valence-electron chi connectivity index (χ4n) is 2.77. The Kier molecular flexibility index (Phi) is 4.69. The van der Waals surface area contributed by atoms with Crippen molar-refractivity contribution >= 4 is 5.95 Å². The van der Waals surface area contributed by atoms with Gasteiger partial charge < -0.3 is 10.0 Å². The summed E-state index contributed by atoms with van der Waals surface area (Å²) >= 11 is 0. The molecule has 5 nitrogen and oxygen atoms in total. The zero-order chi connectivity index (χ0) is 13.8. The SMILES string of the molecule is CCc1nnc(N(C)C2CCCCC2O)nc1CC. The van der Waals surface area contributed by atoms with E-state index in [-0.39, 0.29) is 12.1 Å². The van der Waals surface area contributed by atoms with Crippen molar-refractivity contribution in [1.29, 1.82) is 0 Å². The Labute approximate surface area is 115 Å². The van der Waals surface area contributed by atoms with Gasteiger partial charge in [0.05, 0.1) is 23.5 Å². The van der Waals surface area contributed by atoms with Crippen LogP contribution in [0.5, 0.6) is 0 Å². The predicted octanol–water partition coefficient (Wildman–Crippen LogP) is 1.74. The third-order valence-corrected chi connectivity index (χ3v) is 4.00. The fraction of sp³-hybridized carbons (Fsp3) is 0.786. The van der Waals surface area contributed by atoms with Crippen LogP contribution in [0.25, 0.3) is 0 Å². The third-order valence-electron chi connectivity index (χ3n) is 4.00. The zero-order valence-electron chi connectivity index (χ0n) is 12.1. The molecule has 2 unspecified atom stereocenters. The van der Waals surface area contributed by atoms with E-state index in [2.05, 4.69) is 29.0 Å². The van der Waals surface area contributed by atoms with Crippen molar-refractivity contribution < 1.29 is 5.11 Å². The van der Waals surface area contributed by atoms with Gasteiger partial charge in [0.2, 0.25) is 5.95 Å². The van der Waals surface area contributed by atoms with Crippen molar-refractivity contribution in [2.24, 2.45) is 0 Å². The number of anilines is 1. The standard InChI is InChI=1S/C14H24N4O/c1-4-10-11(5-2)16-17-14(15-10)18(3)12-8-6-7-9-13(12)19/h12-13,19H,4-9H2,1-3H3. The Morgan fingerprint density at radius 3 is 2.42 bits per heavy atom. The number of hydrogen-bond donors (Lipinski definition) is 1. The molecule has 1 aliphatic carbocycles. The molecular weight excluding hydrogens is 240 g/mol. The third kappa shape index (κ3) is 3.03. The largest absolute Gasteiger partial charge is 0.391 e. The monoisotopic (exact) mass is 264 g/mol. The zero-order valence-corrected chi connectivity index (χ0v) is 12.1. The summed E-state index contributed by atoms with van der Waals surface area (Å²) in [6, 6.07) is 0.118. The number of hydrogen-bond acceptors (Lipinski definition) is 5. The lowest BCUT2D eigenvalue weighted by atomic mass is 9.92. The lowest BCUT2D eigenvalue weighted by Crippen LogP contribution is -2.44. The number of aryl methyl sites for hydroxylation is 2. The van der Waals surface area contributed by atoms with Crippen molar-refractivity contribution in [3.8, 4) is 0 Å². The molecular formula is C14H24N4O. The van der Waals surface area contributed by atoms with E-state index in [1.54, 1.807) is 0 Å². The average molecular weight is 264 g/mol. The van der Waals surface area contributed by atoms with Gasteiger partial charge in [-0.15, -0.1) is 5.10 Å². The average Bonchev–Trinajstić information content (AvgIpc) is 2.46. The molecule has 0 aliphatic heterocycles. The predicted molar refractivity (Wildman–Crippen MR) is 75.2 cm³/mol. The molecule has 2 rings (SSSR count). The summed E-state index contributed by atoms with van der Waals surface area (Å²) in [5.74, 6) is 0.639. The van der Waals surface area contributed by atoms with E-state index in [1.165, 1.54) is 0 Å². The number of nitrogens with zero attached hydrogens (tertiary/aromatic N) is 4. The van der Waals surface area contributed by atoms with E-state index in [0.29, 0.717) is 5.95 Å². The number of aliphatic hydroxyl groups excluding tert-OH is 1. The first-order valence-electron chi connectivity index (χ1n) is 7.30. The van der Waals surface area contributed by atoms with Gasteiger partial charge >= 0.3 is 0 Å². The van der Waals surface area contributed by atoms with Gasteiger partial charge in [-0.2, -0.15) is 5.10 Å². The van der Waals surface area contributed by atoms with Crippen LogP contribution in [0.2, 0.25) is 0 Å². The molecule has 0 spiro atoms. The van der Waals surface area contributed by atoms with E-state index in [0.717, 1.165) is 49.9 Å². The van der Waals surface area contributed by atoms with Crippen molar-refractivity contribution in [1.82, 2.24) is 15.2 Å². The van der Waals surface area contributed by atoms with E-state index < -0.39 is 0 Å². The molecule has 0 aromatic carbocycles. The Morgan fingerprint density at radius 1 is 1.11 bits per heavy atom. The number of rotatable bonds is 4. The Hall–Kier alpha value is -1.23. The molecule has 19 heavy (non-hydrogen) atoms. The second-order valence-corrected chi connectivity index (χ2v) is 5.24. The summed E-state index contributed by atoms with van der Waals surface area (Å²) in [5.41, 5.74) is 1.99. The highest BCUT2D eigenvalue weighted by Crippen LogP contribution is 2.24. The van der Waals surface area contributed by atoms with Crippen LogP contribution in [0, 0.1) is 0 Å². The van der Waals surface area contributed by atoms with Crippen molar-refractivity contribution in [3.63, 3.8) is 0 Å². The maximum absolute atomic E-state index is 10.1. The Balaban J connectivity index is 2.20. The molecule has 1 N–H and O–H groups in total. The first kappa shape index (κ1) is 14.2. The van der Waals surface area contributed by atoms with Gasteiger partial charge in [0.25, 0.3) is 0 Å². The van der Waals surface area contributed by atoms with Crippen LogP contribution in [-0.2, 0) is 12.8 Å². The Bertz CT molecular complexity index is 424. The minimum absolute atomic E-state index is 0.118. The molecule has 1 saturated carbocycles. The van der Waals surface area contributed by atoms with Crippen LogP contribution in [0.3, 0.4) is 0 Å². The highest BCUT2D eigenvalue weighted by molar-refractivity contribution is 5.31. The van der Waals surface area contributed by atoms with Gasteiger partial charge in [0.15, 0.2) is 0 Å².